The highest BCUT2D eigenvalue weighted by molar-refractivity contribution is 6.31. The molecule has 1 amide bonds. The van der Waals surface area contributed by atoms with E-state index in [2.05, 4.69) is 16.3 Å². The van der Waals surface area contributed by atoms with Crippen molar-refractivity contribution in [2.45, 2.75) is 19.3 Å². The number of rotatable bonds is 5. The number of hydrogen-bond acceptors (Lipinski definition) is 4. The average molecular weight is 422 g/mol. The molecule has 0 bridgehead atoms. The van der Waals surface area contributed by atoms with Crippen molar-refractivity contribution < 1.29 is 14.3 Å². The Morgan fingerprint density at radius 3 is 2.87 bits per heavy atom. The molecule has 2 heterocycles. The third-order valence-corrected chi connectivity index (χ3v) is 5.53. The number of fused-ring (bicyclic) bond motifs is 1. The van der Waals surface area contributed by atoms with Gasteiger partial charge in [-0.3, -0.25) is 4.79 Å². The van der Waals surface area contributed by atoms with Crippen LogP contribution in [0.5, 0.6) is 11.5 Å². The summed E-state index contributed by atoms with van der Waals surface area (Å²) in [7, 11) is 1.57. The highest BCUT2D eigenvalue weighted by Crippen LogP contribution is 2.41. The van der Waals surface area contributed by atoms with Crippen molar-refractivity contribution >= 4 is 23.3 Å². The molecule has 0 saturated carbocycles. The number of amides is 1. The zero-order valence-electron chi connectivity index (χ0n) is 16.6. The molecule has 3 aromatic rings. The molecule has 1 N–H and O–H groups in total. The van der Waals surface area contributed by atoms with Crippen molar-refractivity contribution in [2.24, 2.45) is 0 Å². The second-order valence-electron chi connectivity index (χ2n) is 7.00. The van der Waals surface area contributed by atoms with E-state index in [1.165, 1.54) is 0 Å². The van der Waals surface area contributed by atoms with E-state index in [1.807, 2.05) is 43.3 Å². The predicted molar refractivity (Wildman–Crippen MR) is 116 cm³/mol. The number of nitrogens with zero attached hydrogens (tertiary/aromatic N) is 2. The van der Waals surface area contributed by atoms with Crippen LogP contribution in [-0.4, -0.2) is 29.4 Å². The van der Waals surface area contributed by atoms with Crippen molar-refractivity contribution in [1.29, 1.82) is 0 Å². The van der Waals surface area contributed by atoms with E-state index in [1.54, 1.807) is 18.0 Å². The van der Waals surface area contributed by atoms with Crippen molar-refractivity contribution in [3.05, 3.63) is 64.3 Å². The van der Waals surface area contributed by atoms with Crippen LogP contribution < -0.4 is 14.8 Å². The van der Waals surface area contributed by atoms with Gasteiger partial charge in [0.25, 0.3) is 0 Å². The predicted octanol–water partition coefficient (Wildman–Crippen LogP) is 4.33. The molecule has 4 rings (SSSR count). The minimum Gasteiger partial charge on any atom is -0.493 e. The van der Waals surface area contributed by atoms with Crippen LogP contribution in [0.3, 0.4) is 0 Å². The highest BCUT2D eigenvalue weighted by atomic mass is 35.5. The van der Waals surface area contributed by atoms with Gasteiger partial charge in [-0.15, -0.1) is 6.42 Å². The fourth-order valence-corrected chi connectivity index (χ4v) is 3.74. The first-order valence-electron chi connectivity index (χ1n) is 9.40. The normalized spacial score (nSPS) is 15.1. The molecule has 2 aromatic carbocycles. The van der Waals surface area contributed by atoms with E-state index >= 15 is 0 Å². The summed E-state index contributed by atoms with van der Waals surface area (Å²) in [4.78, 5) is 12.5. The largest absolute Gasteiger partial charge is 0.493 e. The van der Waals surface area contributed by atoms with Gasteiger partial charge in [-0.2, -0.15) is 5.10 Å². The first-order valence-corrected chi connectivity index (χ1v) is 9.78. The van der Waals surface area contributed by atoms with Crippen LogP contribution in [0.15, 0.2) is 42.6 Å². The van der Waals surface area contributed by atoms with E-state index in [0.717, 1.165) is 22.4 Å². The quantitative estimate of drug-likeness (QED) is 0.623. The summed E-state index contributed by atoms with van der Waals surface area (Å²) in [6.07, 6.45) is 7.36. The zero-order chi connectivity index (χ0) is 21.3. The van der Waals surface area contributed by atoms with Gasteiger partial charge in [-0.05, 0) is 42.3 Å². The van der Waals surface area contributed by atoms with Gasteiger partial charge in [-0.25, -0.2) is 4.68 Å². The monoisotopic (exact) mass is 421 g/mol. The number of benzene rings is 2. The van der Waals surface area contributed by atoms with Crippen molar-refractivity contribution in [1.82, 2.24) is 9.78 Å². The van der Waals surface area contributed by atoms with E-state index in [-0.39, 0.29) is 18.4 Å². The zero-order valence-corrected chi connectivity index (χ0v) is 17.4. The van der Waals surface area contributed by atoms with Crippen LogP contribution in [0.4, 0.5) is 5.82 Å². The number of carbonyl (C=O) groups is 1. The maximum atomic E-state index is 12.5. The molecule has 0 spiro atoms. The molecular weight excluding hydrogens is 402 g/mol. The Morgan fingerprint density at radius 2 is 2.13 bits per heavy atom. The number of methoxy groups -OCH3 is 1. The molecule has 1 atom stereocenters. The molecule has 6 nitrogen and oxygen atoms in total. The molecule has 1 unspecified atom stereocenters. The lowest BCUT2D eigenvalue weighted by Gasteiger charge is -2.24. The number of carbonyl (C=O) groups excluding carboxylic acids is 1. The number of halogens is 1. The lowest BCUT2D eigenvalue weighted by molar-refractivity contribution is -0.116. The van der Waals surface area contributed by atoms with Gasteiger partial charge >= 0.3 is 0 Å². The fraction of sp³-hybridized carbons (Fsp3) is 0.217. The summed E-state index contributed by atoms with van der Waals surface area (Å²) < 4.78 is 12.7. The summed E-state index contributed by atoms with van der Waals surface area (Å²) in [5, 5.41) is 8.11. The fourth-order valence-electron chi connectivity index (χ4n) is 3.57. The third kappa shape index (κ3) is 3.60. The number of nitrogens with one attached hydrogen (secondary N) is 1. The van der Waals surface area contributed by atoms with Crippen molar-refractivity contribution in [3.8, 4) is 29.5 Å². The van der Waals surface area contributed by atoms with Gasteiger partial charge in [0.1, 0.15) is 12.4 Å². The molecule has 1 aliphatic rings. The van der Waals surface area contributed by atoms with Crippen molar-refractivity contribution in [3.63, 3.8) is 0 Å². The third-order valence-electron chi connectivity index (χ3n) is 5.12. The summed E-state index contributed by atoms with van der Waals surface area (Å²) in [6, 6.07) is 11.3. The summed E-state index contributed by atoms with van der Waals surface area (Å²) in [6.45, 7) is 2.09. The number of hydrogen-bond donors (Lipinski definition) is 1. The van der Waals surface area contributed by atoms with E-state index in [9.17, 15) is 4.79 Å². The van der Waals surface area contributed by atoms with Crippen LogP contribution >= 0.6 is 11.6 Å². The lowest BCUT2D eigenvalue weighted by atomic mass is 9.87. The Kier molecular flexibility index (Phi) is 5.39. The van der Waals surface area contributed by atoms with Crippen LogP contribution in [-0.2, 0) is 4.79 Å². The van der Waals surface area contributed by atoms with E-state index in [0.29, 0.717) is 28.8 Å². The number of ether oxygens (including phenoxy) is 2. The van der Waals surface area contributed by atoms with Gasteiger partial charge in [0.15, 0.2) is 11.5 Å². The SMILES string of the molecule is C#CCOc1ccc(C2CC(=O)Nc3c2cnn3-c2ccc(C)c(Cl)c2)cc1OC. The molecule has 0 saturated heterocycles. The van der Waals surface area contributed by atoms with Gasteiger partial charge in [0.05, 0.1) is 19.0 Å². The van der Waals surface area contributed by atoms with Crippen molar-refractivity contribution in [2.75, 3.05) is 19.0 Å². The van der Waals surface area contributed by atoms with Crippen LogP contribution in [0.2, 0.25) is 5.02 Å². The number of terminal acetylenes is 1. The number of aromatic nitrogens is 2. The van der Waals surface area contributed by atoms with Gasteiger partial charge < -0.3 is 14.8 Å². The molecular formula is C23H20ClN3O3. The lowest BCUT2D eigenvalue weighted by Crippen LogP contribution is -2.24. The molecule has 0 radical (unpaired) electrons. The molecule has 0 aliphatic carbocycles. The number of anilines is 1. The second kappa shape index (κ2) is 8.13. The molecule has 7 heteroatoms. The van der Waals surface area contributed by atoms with E-state index < -0.39 is 0 Å². The Labute approximate surface area is 179 Å². The molecule has 1 aliphatic heterocycles. The second-order valence-corrected chi connectivity index (χ2v) is 7.41. The molecule has 30 heavy (non-hydrogen) atoms. The Morgan fingerprint density at radius 1 is 1.30 bits per heavy atom. The van der Waals surface area contributed by atoms with Gasteiger partial charge in [-0.1, -0.05) is 29.7 Å². The van der Waals surface area contributed by atoms with Crippen LogP contribution in [0, 0.1) is 19.3 Å². The van der Waals surface area contributed by atoms with Gasteiger partial charge in [0.2, 0.25) is 5.91 Å². The molecule has 152 valence electrons. The first kappa shape index (κ1) is 19.9. The molecule has 0 fully saturated rings. The van der Waals surface area contributed by atoms with Crippen LogP contribution in [0.1, 0.15) is 29.0 Å². The molecule has 1 aromatic heterocycles. The van der Waals surface area contributed by atoms with Gasteiger partial charge in [0, 0.05) is 22.9 Å². The highest BCUT2D eigenvalue weighted by Gasteiger charge is 2.31. The first-order chi connectivity index (χ1) is 14.5. The summed E-state index contributed by atoms with van der Waals surface area (Å²) in [5.74, 6) is 3.95. The Bertz CT molecular complexity index is 1160. The Balaban J connectivity index is 1.75. The smallest absolute Gasteiger partial charge is 0.226 e. The average Bonchev–Trinajstić information content (AvgIpc) is 3.17. The summed E-state index contributed by atoms with van der Waals surface area (Å²) in [5.41, 5.74) is 3.61. The standard InChI is InChI=1S/C23H20ClN3O3/c1-4-9-30-20-8-6-15(10-21(20)29-3)17-12-22(28)26-23-18(17)13-25-27(23)16-7-5-14(2)19(24)11-16/h1,5-8,10-11,13,17H,9,12H2,2-3H3,(H,26,28). The summed E-state index contributed by atoms with van der Waals surface area (Å²) >= 11 is 6.29. The minimum absolute atomic E-state index is 0.0842. The van der Waals surface area contributed by atoms with Crippen LogP contribution in [0.25, 0.3) is 5.69 Å². The van der Waals surface area contributed by atoms with E-state index in [4.69, 9.17) is 27.5 Å². The Hall–Kier alpha value is -3.43. The maximum absolute atomic E-state index is 12.5. The topological polar surface area (TPSA) is 65.4 Å². The number of aryl methyl sites for hydroxylation is 1. The minimum atomic E-state index is -0.168. The maximum Gasteiger partial charge on any atom is 0.226 e.